The molecule has 0 bridgehead atoms. The van der Waals surface area contributed by atoms with Crippen LogP contribution in [0.15, 0.2) is 60.8 Å². The molecule has 29 heavy (non-hydrogen) atoms. The monoisotopic (exact) mass is 522 g/mol. The SMILES string of the molecule is COc1cc(C(=O)Nc2ccc(I)c(-c3ccccn3)c2)ccc1CS(C)(=O)=O. The predicted octanol–water partition coefficient (Wildman–Crippen LogP) is 4.16. The molecule has 0 aliphatic carbocycles. The molecule has 3 rings (SSSR count). The Hall–Kier alpha value is -2.46. The fourth-order valence-corrected chi connectivity index (χ4v) is 4.23. The molecule has 0 radical (unpaired) electrons. The van der Waals surface area contributed by atoms with Crippen LogP contribution in [0.25, 0.3) is 11.3 Å². The number of anilines is 1. The summed E-state index contributed by atoms with van der Waals surface area (Å²) in [6.07, 6.45) is 2.88. The number of aromatic nitrogens is 1. The number of halogens is 1. The highest BCUT2D eigenvalue weighted by atomic mass is 127. The highest BCUT2D eigenvalue weighted by molar-refractivity contribution is 14.1. The number of ether oxygens (including phenoxy) is 1. The quantitative estimate of drug-likeness (QED) is 0.492. The fraction of sp³-hybridized carbons (Fsp3) is 0.143. The third kappa shape index (κ3) is 5.54. The Morgan fingerprint density at radius 3 is 2.59 bits per heavy atom. The molecule has 1 heterocycles. The standard InChI is InChI=1S/C21H19IN2O4S/c1-28-20-11-14(6-7-15(20)13-29(2,26)27)21(25)24-16-8-9-18(22)17(12-16)19-5-3-4-10-23-19/h3-12H,13H2,1-2H3,(H,24,25). The Balaban J connectivity index is 1.85. The van der Waals surface area contributed by atoms with Gasteiger partial charge in [-0.05, 0) is 65.1 Å². The molecule has 0 aliphatic rings. The number of carbonyl (C=O) groups excluding carboxylic acids is 1. The number of amides is 1. The Morgan fingerprint density at radius 1 is 1.14 bits per heavy atom. The molecular formula is C21H19IN2O4S. The van der Waals surface area contributed by atoms with E-state index in [4.69, 9.17) is 4.74 Å². The molecule has 0 atom stereocenters. The molecule has 8 heteroatoms. The van der Waals surface area contributed by atoms with Crippen molar-refractivity contribution in [2.45, 2.75) is 5.75 Å². The van der Waals surface area contributed by atoms with Gasteiger partial charge in [-0.15, -0.1) is 0 Å². The lowest BCUT2D eigenvalue weighted by atomic mass is 10.1. The van der Waals surface area contributed by atoms with Crippen LogP contribution in [0.1, 0.15) is 15.9 Å². The zero-order chi connectivity index (χ0) is 21.0. The van der Waals surface area contributed by atoms with Crippen molar-refractivity contribution in [2.24, 2.45) is 0 Å². The number of hydrogen-bond donors (Lipinski definition) is 1. The molecule has 0 spiro atoms. The van der Waals surface area contributed by atoms with Crippen molar-refractivity contribution in [3.05, 3.63) is 75.5 Å². The highest BCUT2D eigenvalue weighted by Crippen LogP contribution is 2.27. The largest absolute Gasteiger partial charge is 0.496 e. The maximum atomic E-state index is 12.7. The Morgan fingerprint density at radius 2 is 1.93 bits per heavy atom. The van der Waals surface area contributed by atoms with E-state index in [-0.39, 0.29) is 11.7 Å². The van der Waals surface area contributed by atoms with Crippen LogP contribution in [0.4, 0.5) is 5.69 Å². The zero-order valence-electron chi connectivity index (χ0n) is 15.8. The van der Waals surface area contributed by atoms with Gasteiger partial charge in [0.15, 0.2) is 9.84 Å². The maximum Gasteiger partial charge on any atom is 0.255 e. The molecule has 3 aromatic rings. The summed E-state index contributed by atoms with van der Waals surface area (Å²) < 4.78 is 29.4. The average Bonchev–Trinajstić information content (AvgIpc) is 2.69. The molecule has 1 N–H and O–H groups in total. The van der Waals surface area contributed by atoms with Crippen molar-refractivity contribution in [3.8, 4) is 17.0 Å². The number of sulfone groups is 1. The van der Waals surface area contributed by atoms with Gasteiger partial charge in [-0.25, -0.2) is 8.42 Å². The number of nitrogens with one attached hydrogen (secondary N) is 1. The lowest BCUT2D eigenvalue weighted by Gasteiger charge is -2.12. The molecule has 0 fully saturated rings. The van der Waals surface area contributed by atoms with Gasteiger partial charge in [0, 0.05) is 38.4 Å². The molecule has 1 aromatic heterocycles. The first-order valence-corrected chi connectivity index (χ1v) is 11.8. The Kier molecular flexibility index (Phi) is 6.53. The molecule has 150 valence electrons. The number of nitrogens with zero attached hydrogens (tertiary/aromatic N) is 1. The van der Waals surface area contributed by atoms with Crippen molar-refractivity contribution < 1.29 is 17.9 Å². The second-order valence-corrected chi connectivity index (χ2v) is 9.76. The summed E-state index contributed by atoms with van der Waals surface area (Å²) in [5.41, 5.74) is 3.26. The Labute approximate surface area is 183 Å². The number of carbonyl (C=O) groups is 1. The van der Waals surface area contributed by atoms with Gasteiger partial charge in [0.25, 0.3) is 5.91 Å². The van der Waals surface area contributed by atoms with Crippen LogP contribution in [0.3, 0.4) is 0 Å². The normalized spacial score (nSPS) is 11.1. The summed E-state index contributed by atoms with van der Waals surface area (Å²) >= 11 is 2.23. The van der Waals surface area contributed by atoms with E-state index in [9.17, 15) is 13.2 Å². The van der Waals surface area contributed by atoms with Gasteiger partial charge in [0.05, 0.1) is 18.6 Å². The van der Waals surface area contributed by atoms with E-state index in [1.807, 2.05) is 36.4 Å². The minimum atomic E-state index is -3.21. The van der Waals surface area contributed by atoms with Gasteiger partial charge >= 0.3 is 0 Å². The van der Waals surface area contributed by atoms with Crippen LogP contribution in [0.5, 0.6) is 5.75 Å². The van der Waals surface area contributed by atoms with Gasteiger partial charge in [-0.3, -0.25) is 9.78 Å². The average molecular weight is 522 g/mol. The minimum Gasteiger partial charge on any atom is -0.496 e. The van der Waals surface area contributed by atoms with Crippen LogP contribution >= 0.6 is 22.6 Å². The van der Waals surface area contributed by atoms with Crippen molar-refractivity contribution in [1.82, 2.24) is 4.98 Å². The molecule has 6 nitrogen and oxygen atoms in total. The van der Waals surface area contributed by atoms with E-state index in [1.165, 1.54) is 7.11 Å². The van der Waals surface area contributed by atoms with Gasteiger partial charge in [0.2, 0.25) is 0 Å². The van der Waals surface area contributed by atoms with Gasteiger partial charge < -0.3 is 10.1 Å². The minimum absolute atomic E-state index is 0.150. The second-order valence-electron chi connectivity index (χ2n) is 6.46. The molecule has 1 amide bonds. The van der Waals surface area contributed by atoms with Gasteiger partial charge in [-0.2, -0.15) is 0 Å². The molecular weight excluding hydrogens is 503 g/mol. The van der Waals surface area contributed by atoms with Crippen molar-refractivity contribution in [3.63, 3.8) is 0 Å². The van der Waals surface area contributed by atoms with Crippen LogP contribution in [-0.2, 0) is 15.6 Å². The molecule has 0 unspecified atom stereocenters. The number of pyridine rings is 1. The summed E-state index contributed by atoms with van der Waals surface area (Å²) in [5, 5.41) is 2.87. The number of rotatable bonds is 6. The predicted molar refractivity (Wildman–Crippen MR) is 122 cm³/mol. The first kappa shape index (κ1) is 21.3. The second kappa shape index (κ2) is 8.91. The summed E-state index contributed by atoms with van der Waals surface area (Å²) in [6.45, 7) is 0. The number of hydrogen-bond acceptors (Lipinski definition) is 5. The highest BCUT2D eigenvalue weighted by Gasteiger charge is 2.15. The van der Waals surface area contributed by atoms with E-state index in [2.05, 4.69) is 32.9 Å². The van der Waals surface area contributed by atoms with Gasteiger partial charge in [0.1, 0.15) is 5.75 Å². The zero-order valence-corrected chi connectivity index (χ0v) is 18.8. The Bertz CT molecular complexity index is 1150. The van der Waals surface area contributed by atoms with E-state index >= 15 is 0 Å². The van der Waals surface area contributed by atoms with Crippen molar-refractivity contribution in [2.75, 3.05) is 18.7 Å². The van der Waals surface area contributed by atoms with E-state index in [0.717, 1.165) is 21.1 Å². The van der Waals surface area contributed by atoms with Crippen molar-refractivity contribution in [1.29, 1.82) is 0 Å². The topological polar surface area (TPSA) is 85.4 Å². The summed E-state index contributed by atoms with van der Waals surface area (Å²) in [4.78, 5) is 17.1. The van der Waals surface area contributed by atoms with Crippen LogP contribution in [0, 0.1) is 3.57 Å². The van der Waals surface area contributed by atoms with Crippen LogP contribution in [-0.4, -0.2) is 32.7 Å². The van der Waals surface area contributed by atoms with E-state index in [1.54, 1.807) is 24.4 Å². The summed E-state index contributed by atoms with van der Waals surface area (Å²) in [5.74, 6) is -0.106. The smallest absolute Gasteiger partial charge is 0.255 e. The molecule has 2 aromatic carbocycles. The molecule has 0 saturated heterocycles. The van der Waals surface area contributed by atoms with E-state index < -0.39 is 9.84 Å². The van der Waals surface area contributed by atoms with Crippen LogP contribution < -0.4 is 10.1 Å². The number of benzene rings is 2. The fourth-order valence-electron chi connectivity index (χ4n) is 2.81. The lowest BCUT2D eigenvalue weighted by Crippen LogP contribution is -2.13. The molecule has 0 saturated carbocycles. The van der Waals surface area contributed by atoms with Gasteiger partial charge in [-0.1, -0.05) is 12.1 Å². The van der Waals surface area contributed by atoms with E-state index in [0.29, 0.717) is 22.6 Å². The summed E-state index contributed by atoms with van der Waals surface area (Å²) in [7, 11) is -1.77. The first-order chi connectivity index (χ1) is 13.8. The maximum absolute atomic E-state index is 12.7. The van der Waals surface area contributed by atoms with Crippen molar-refractivity contribution >= 4 is 44.0 Å². The number of methoxy groups -OCH3 is 1. The third-order valence-electron chi connectivity index (χ3n) is 4.13. The first-order valence-electron chi connectivity index (χ1n) is 8.64. The summed E-state index contributed by atoms with van der Waals surface area (Å²) in [6, 6.07) is 16.0. The third-order valence-corrected chi connectivity index (χ3v) is 5.91. The lowest BCUT2D eigenvalue weighted by molar-refractivity contribution is 0.102. The molecule has 0 aliphatic heterocycles. The van der Waals surface area contributed by atoms with Crippen LogP contribution in [0.2, 0.25) is 0 Å².